The Balaban J connectivity index is 2.07. The fourth-order valence-corrected chi connectivity index (χ4v) is 3.34. The summed E-state index contributed by atoms with van der Waals surface area (Å²) in [4.78, 5) is 25.0. The molecule has 2 atom stereocenters. The molecule has 0 spiro atoms. The molecule has 0 heterocycles. The molecule has 0 aliphatic heterocycles. The molecule has 2 amide bonds. The Labute approximate surface area is 151 Å². The summed E-state index contributed by atoms with van der Waals surface area (Å²) in [6.07, 6.45) is -1.49. The summed E-state index contributed by atoms with van der Waals surface area (Å²) in [6, 6.07) is 5.65. The van der Waals surface area contributed by atoms with E-state index >= 15 is 0 Å². The lowest BCUT2D eigenvalue weighted by atomic mass is 9.83. The number of alkyl halides is 3. The van der Waals surface area contributed by atoms with Gasteiger partial charge in [-0.05, 0) is 36.6 Å². The number of hydrogen-bond donors (Lipinski definition) is 1. The first kappa shape index (κ1) is 20.0. The number of carbonyl (C=O) groups excluding carboxylic acids is 2. The first-order valence-electron chi connectivity index (χ1n) is 8.57. The van der Waals surface area contributed by atoms with Gasteiger partial charge in [0.2, 0.25) is 5.91 Å². The van der Waals surface area contributed by atoms with Crippen molar-refractivity contribution in [2.75, 3.05) is 7.05 Å². The molecule has 1 fully saturated rings. The van der Waals surface area contributed by atoms with Crippen LogP contribution in [0.2, 0.25) is 0 Å². The minimum Gasteiger partial charge on any atom is -0.348 e. The molecule has 0 aromatic heterocycles. The molecular weight excluding hydrogens is 345 g/mol. The van der Waals surface area contributed by atoms with Crippen molar-refractivity contribution in [1.29, 1.82) is 0 Å². The first-order valence-corrected chi connectivity index (χ1v) is 8.57. The summed E-state index contributed by atoms with van der Waals surface area (Å²) in [6.45, 7) is 3.64. The highest BCUT2D eigenvalue weighted by Crippen LogP contribution is 2.40. The van der Waals surface area contributed by atoms with Gasteiger partial charge in [0.05, 0.1) is 5.92 Å². The molecule has 142 valence electrons. The third-order valence-electron chi connectivity index (χ3n) is 4.82. The second kappa shape index (κ2) is 8.38. The van der Waals surface area contributed by atoms with Crippen molar-refractivity contribution < 1.29 is 22.8 Å². The maximum absolute atomic E-state index is 13.3. The molecule has 0 saturated heterocycles. The minimum atomic E-state index is -4.30. The summed E-state index contributed by atoms with van der Waals surface area (Å²) in [7, 11) is 1.44. The predicted molar refractivity (Wildman–Crippen MR) is 92.4 cm³/mol. The van der Waals surface area contributed by atoms with Crippen molar-refractivity contribution >= 4 is 11.8 Å². The number of benzene rings is 1. The normalized spacial score (nSPS) is 20.3. The number of nitrogens with zero attached hydrogens (tertiary/aromatic N) is 1. The molecule has 0 radical (unpaired) electrons. The maximum Gasteiger partial charge on any atom is 0.393 e. The summed E-state index contributed by atoms with van der Waals surface area (Å²) in [5.74, 6) is -2.20. The molecule has 1 aliphatic carbocycles. The van der Waals surface area contributed by atoms with Gasteiger partial charge in [-0.2, -0.15) is 13.2 Å². The van der Waals surface area contributed by atoms with Gasteiger partial charge in [-0.25, -0.2) is 0 Å². The average Bonchev–Trinajstić information content (AvgIpc) is 2.64. The Bertz CT molecular complexity index is 656. The van der Waals surface area contributed by atoms with Crippen LogP contribution < -0.4 is 5.32 Å². The largest absolute Gasteiger partial charge is 0.393 e. The van der Waals surface area contributed by atoms with Gasteiger partial charge in [-0.15, -0.1) is 0 Å². The zero-order valence-electron chi connectivity index (χ0n) is 14.7. The third kappa shape index (κ3) is 4.86. The van der Waals surface area contributed by atoms with Crippen molar-refractivity contribution in [3.05, 3.63) is 48.0 Å². The number of hydrogen-bond acceptors (Lipinski definition) is 2. The van der Waals surface area contributed by atoms with Crippen LogP contribution in [0.4, 0.5) is 13.2 Å². The summed E-state index contributed by atoms with van der Waals surface area (Å²) >= 11 is 0. The van der Waals surface area contributed by atoms with Crippen molar-refractivity contribution in [2.45, 2.75) is 44.4 Å². The van der Waals surface area contributed by atoms with E-state index in [1.807, 2.05) is 0 Å². The monoisotopic (exact) mass is 368 g/mol. The van der Waals surface area contributed by atoms with Gasteiger partial charge < -0.3 is 10.2 Å². The Hall–Kier alpha value is -2.31. The zero-order valence-corrected chi connectivity index (χ0v) is 14.7. The molecule has 1 aromatic carbocycles. The lowest BCUT2D eigenvalue weighted by molar-refractivity contribution is -0.195. The number of halogens is 3. The highest BCUT2D eigenvalue weighted by molar-refractivity contribution is 5.94. The first-order chi connectivity index (χ1) is 12.2. The van der Waals surface area contributed by atoms with E-state index in [0.717, 1.165) is 11.6 Å². The lowest BCUT2D eigenvalue weighted by Gasteiger charge is -2.38. The molecule has 26 heavy (non-hydrogen) atoms. The SMILES string of the molecule is C=CC(=O)NCc1ccc(C(=O)N(C)[C@@H]2CCCC[C@@H]2C(F)(F)F)cc1. The molecule has 1 N–H and O–H groups in total. The Morgan fingerprint density at radius 1 is 1.23 bits per heavy atom. The van der Waals surface area contributed by atoms with E-state index in [9.17, 15) is 22.8 Å². The second-order valence-electron chi connectivity index (χ2n) is 6.53. The van der Waals surface area contributed by atoms with Gasteiger partial charge in [0, 0.05) is 25.2 Å². The summed E-state index contributed by atoms with van der Waals surface area (Å²) in [5.41, 5.74) is 1.11. The molecule has 2 rings (SSSR count). The molecular formula is C19H23F3N2O2. The van der Waals surface area contributed by atoms with E-state index in [4.69, 9.17) is 0 Å². The maximum atomic E-state index is 13.3. The van der Waals surface area contributed by atoms with Gasteiger partial charge in [-0.3, -0.25) is 9.59 Å². The van der Waals surface area contributed by atoms with E-state index in [2.05, 4.69) is 11.9 Å². The van der Waals surface area contributed by atoms with E-state index in [0.29, 0.717) is 24.8 Å². The van der Waals surface area contributed by atoms with E-state index in [1.165, 1.54) is 11.9 Å². The van der Waals surface area contributed by atoms with Crippen molar-refractivity contribution in [2.24, 2.45) is 5.92 Å². The van der Waals surface area contributed by atoms with Crippen molar-refractivity contribution in [1.82, 2.24) is 10.2 Å². The van der Waals surface area contributed by atoms with Crippen molar-refractivity contribution in [3.63, 3.8) is 0 Å². The molecule has 0 bridgehead atoms. The summed E-state index contributed by atoms with van der Waals surface area (Å²) < 4.78 is 39.8. The van der Waals surface area contributed by atoms with Gasteiger partial charge in [-0.1, -0.05) is 31.6 Å². The average molecular weight is 368 g/mol. The Kier molecular flexibility index (Phi) is 6.45. The summed E-state index contributed by atoms with van der Waals surface area (Å²) in [5, 5.41) is 2.62. The smallest absolute Gasteiger partial charge is 0.348 e. The highest BCUT2D eigenvalue weighted by atomic mass is 19.4. The van der Waals surface area contributed by atoms with Crippen LogP contribution in [0.5, 0.6) is 0 Å². The van der Waals surface area contributed by atoms with Gasteiger partial charge in [0.25, 0.3) is 5.91 Å². The standard InChI is InChI=1S/C19H23F3N2O2/c1-3-17(25)23-12-13-8-10-14(11-9-13)18(26)24(2)16-7-5-4-6-15(16)19(20,21)22/h3,8-11,15-16H,1,4-7,12H2,2H3,(H,23,25)/t15-,16+/m0/s1. The molecule has 7 heteroatoms. The highest BCUT2D eigenvalue weighted by Gasteiger charge is 2.47. The molecule has 1 aromatic rings. The lowest BCUT2D eigenvalue weighted by Crippen LogP contribution is -2.48. The van der Waals surface area contributed by atoms with Gasteiger partial charge >= 0.3 is 6.18 Å². The minimum absolute atomic E-state index is 0.0632. The zero-order chi connectivity index (χ0) is 19.3. The van der Waals surface area contributed by atoms with Crippen LogP contribution in [-0.4, -0.2) is 36.0 Å². The fourth-order valence-electron chi connectivity index (χ4n) is 3.34. The van der Waals surface area contributed by atoms with Gasteiger partial charge in [0.15, 0.2) is 0 Å². The van der Waals surface area contributed by atoms with Crippen LogP contribution in [0.1, 0.15) is 41.6 Å². The van der Waals surface area contributed by atoms with Crippen LogP contribution in [0.3, 0.4) is 0 Å². The van der Waals surface area contributed by atoms with Crippen molar-refractivity contribution in [3.8, 4) is 0 Å². The molecule has 4 nitrogen and oxygen atoms in total. The van der Waals surface area contributed by atoms with E-state index < -0.39 is 24.0 Å². The van der Waals surface area contributed by atoms with E-state index in [-0.39, 0.29) is 18.9 Å². The molecule has 0 unspecified atom stereocenters. The second-order valence-corrected chi connectivity index (χ2v) is 6.53. The quantitative estimate of drug-likeness (QED) is 0.806. The van der Waals surface area contributed by atoms with Crippen LogP contribution in [-0.2, 0) is 11.3 Å². The fraction of sp³-hybridized carbons (Fsp3) is 0.474. The predicted octanol–water partition coefficient (Wildman–Crippen LogP) is 3.68. The van der Waals surface area contributed by atoms with Crippen LogP contribution in [0, 0.1) is 5.92 Å². The Morgan fingerprint density at radius 2 is 1.85 bits per heavy atom. The third-order valence-corrected chi connectivity index (χ3v) is 4.82. The van der Waals surface area contributed by atoms with Crippen LogP contribution >= 0.6 is 0 Å². The molecule has 1 saturated carbocycles. The van der Waals surface area contributed by atoms with Gasteiger partial charge in [0.1, 0.15) is 0 Å². The topological polar surface area (TPSA) is 49.4 Å². The van der Waals surface area contributed by atoms with Crippen LogP contribution in [0.15, 0.2) is 36.9 Å². The Morgan fingerprint density at radius 3 is 2.42 bits per heavy atom. The van der Waals surface area contributed by atoms with E-state index in [1.54, 1.807) is 24.3 Å². The number of amides is 2. The number of nitrogens with one attached hydrogen (secondary N) is 1. The van der Waals surface area contributed by atoms with Crippen LogP contribution in [0.25, 0.3) is 0 Å². The molecule has 1 aliphatic rings. The number of rotatable bonds is 5. The number of carbonyl (C=O) groups is 2.